The maximum Gasteiger partial charge on any atom is 0.230 e. The van der Waals surface area contributed by atoms with Gasteiger partial charge in [0, 0.05) is 0 Å². The van der Waals surface area contributed by atoms with Crippen LogP contribution in [0.3, 0.4) is 0 Å². The molecule has 0 radical (unpaired) electrons. The molecule has 0 heterocycles. The maximum atomic E-state index is 12.0. The van der Waals surface area contributed by atoms with E-state index in [2.05, 4.69) is 5.32 Å². The molecule has 2 N–H and O–H groups in total. The van der Waals surface area contributed by atoms with Crippen molar-refractivity contribution in [2.24, 2.45) is 11.8 Å². The lowest BCUT2D eigenvalue weighted by molar-refractivity contribution is -0.122. The molecule has 0 bridgehead atoms. The van der Waals surface area contributed by atoms with Crippen LogP contribution in [0.2, 0.25) is 5.02 Å². The van der Waals surface area contributed by atoms with Gasteiger partial charge in [-0.3, -0.25) is 4.79 Å². The number of halogens is 1. The van der Waals surface area contributed by atoms with Crippen molar-refractivity contribution < 1.29 is 9.90 Å². The smallest absolute Gasteiger partial charge is 0.230 e. The topological polar surface area (TPSA) is 49.3 Å². The van der Waals surface area contributed by atoms with Crippen LogP contribution in [-0.4, -0.2) is 17.6 Å². The van der Waals surface area contributed by atoms with Gasteiger partial charge in [-0.15, -0.1) is 0 Å². The van der Waals surface area contributed by atoms with Gasteiger partial charge in [0.05, 0.1) is 23.2 Å². The Hall–Kier alpha value is -1.06. The Morgan fingerprint density at radius 1 is 1.39 bits per heavy atom. The highest BCUT2D eigenvalue weighted by Gasteiger charge is 2.22. The van der Waals surface area contributed by atoms with Gasteiger partial charge in [-0.1, -0.05) is 31.5 Å². The third-order valence-electron chi connectivity index (χ3n) is 3.02. The second kappa shape index (κ2) is 6.21. The minimum Gasteiger partial charge on any atom is -0.396 e. The summed E-state index contributed by atoms with van der Waals surface area (Å²) >= 11 is 6.13. The fourth-order valence-electron chi connectivity index (χ4n) is 1.89. The van der Waals surface area contributed by atoms with E-state index in [4.69, 9.17) is 11.6 Å². The zero-order valence-corrected chi connectivity index (χ0v) is 12.0. The first kappa shape index (κ1) is 15.0. The Balaban J connectivity index is 2.95. The Labute approximate surface area is 113 Å². The number of hydrogen-bond acceptors (Lipinski definition) is 2. The summed E-state index contributed by atoms with van der Waals surface area (Å²) in [6, 6.07) is 3.78. The molecule has 0 fully saturated rings. The zero-order valence-electron chi connectivity index (χ0n) is 11.2. The summed E-state index contributed by atoms with van der Waals surface area (Å²) in [6.07, 6.45) is 0. The van der Waals surface area contributed by atoms with Crippen molar-refractivity contribution in [3.63, 3.8) is 0 Å². The fraction of sp³-hybridized carbons (Fsp3) is 0.500. The van der Waals surface area contributed by atoms with Gasteiger partial charge in [0.15, 0.2) is 0 Å². The van der Waals surface area contributed by atoms with Crippen LogP contribution in [0, 0.1) is 25.7 Å². The Bertz CT molecular complexity index is 420. The van der Waals surface area contributed by atoms with Crippen LogP contribution in [0.1, 0.15) is 25.0 Å². The van der Waals surface area contributed by atoms with Crippen molar-refractivity contribution in [2.45, 2.75) is 27.7 Å². The fourth-order valence-corrected chi connectivity index (χ4v) is 2.25. The zero-order chi connectivity index (χ0) is 13.9. The van der Waals surface area contributed by atoms with Crippen LogP contribution in [0.4, 0.5) is 5.69 Å². The average molecular weight is 270 g/mol. The van der Waals surface area contributed by atoms with Gasteiger partial charge in [-0.25, -0.2) is 0 Å². The molecule has 4 heteroatoms. The van der Waals surface area contributed by atoms with Crippen molar-refractivity contribution in [1.29, 1.82) is 0 Å². The van der Waals surface area contributed by atoms with Crippen LogP contribution in [0.15, 0.2) is 12.1 Å². The molecule has 100 valence electrons. The van der Waals surface area contributed by atoms with Gasteiger partial charge in [-0.05, 0) is 37.0 Å². The predicted octanol–water partition coefficient (Wildman–Crippen LogP) is 3.16. The molecule has 1 rings (SSSR count). The number of benzene rings is 1. The van der Waals surface area contributed by atoms with Crippen LogP contribution in [-0.2, 0) is 4.79 Å². The van der Waals surface area contributed by atoms with Crippen molar-refractivity contribution in [2.75, 3.05) is 11.9 Å². The van der Waals surface area contributed by atoms with Crippen molar-refractivity contribution in [3.05, 3.63) is 28.3 Å². The molecule has 3 nitrogen and oxygen atoms in total. The number of aliphatic hydroxyl groups is 1. The summed E-state index contributed by atoms with van der Waals surface area (Å²) in [5, 5.41) is 12.6. The molecular formula is C14H20ClNO2. The van der Waals surface area contributed by atoms with E-state index >= 15 is 0 Å². The average Bonchev–Trinajstić information content (AvgIpc) is 2.23. The standard InChI is InChI=1S/C14H20ClNO2/c1-8(2)11(7-17)14(18)16-13-10(4)5-9(3)6-12(13)15/h5-6,8,11,17H,7H2,1-4H3,(H,16,18). The molecule has 0 aliphatic rings. The van der Waals surface area contributed by atoms with Gasteiger partial charge in [-0.2, -0.15) is 0 Å². The third-order valence-corrected chi connectivity index (χ3v) is 3.32. The highest BCUT2D eigenvalue weighted by atomic mass is 35.5. The number of anilines is 1. The molecule has 1 aromatic carbocycles. The van der Waals surface area contributed by atoms with E-state index in [-0.39, 0.29) is 18.4 Å². The molecule has 0 aromatic heterocycles. The third kappa shape index (κ3) is 3.47. The number of carbonyl (C=O) groups is 1. The normalized spacial score (nSPS) is 12.6. The summed E-state index contributed by atoms with van der Waals surface area (Å²) < 4.78 is 0. The maximum absolute atomic E-state index is 12.0. The van der Waals surface area contributed by atoms with Crippen LogP contribution in [0.25, 0.3) is 0 Å². The lowest BCUT2D eigenvalue weighted by Gasteiger charge is -2.19. The van der Waals surface area contributed by atoms with Gasteiger partial charge in [0.1, 0.15) is 0 Å². The lowest BCUT2D eigenvalue weighted by Crippen LogP contribution is -2.30. The number of aliphatic hydroxyl groups excluding tert-OH is 1. The Morgan fingerprint density at radius 2 is 2.00 bits per heavy atom. The second-order valence-corrected chi connectivity index (χ2v) is 5.37. The van der Waals surface area contributed by atoms with E-state index < -0.39 is 5.92 Å². The van der Waals surface area contributed by atoms with Gasteiger partial charge >= 0.3 is 0 Å². The minimum atomic E-state index is -0.415. The molecule has 1 unspecified atom stereocenters. The van der Waals surface area contributed by atoms with Gasteiger partial charge < -0.3 is 10.4 Å². The SMILES string of the molecule is Cc1cc(C)c(NC(=O)C(CO)C(C)C)c(Cl)c1. The molecule has 0 saturated carbocycles. The molecule has 0 aliphatic heterocycles. The van der Waals surface area contributed by atoms with Crippen LogP contribution in [0.5, 0.6) is 0 Å². The quantitative estimate of drug-likeness (QED) is 0.882. The number of nitrogens with one attached hydrogen (secondary N) is 1. The highest BCUT2D eigenvalue weighted by molar-refractivity contribution is 6.34. The molecular weight excluding hydrogens is 250 g/mol. The summed E-state index contributed by atoms with van der Waals surface area (Å²) in [7, 11) is 0. The van der Waals surface area contributed by atoms with E-state index in [1.807, 2.05) is 39.8 Å². The summed E-state index contributed by atoms with van der Waals surface area (Å²) in [6.45, 7) is 7.51. The first-order chi connectivity index (χ1) is 8.36. The number of carbonyl (C=O) groups excluding carboxylic acids is 1. The summed E-state index contributed by atoms with van der Waals surface area (Å²) in [4.78, 5) is 12.0. The first-order valence-electron chi connectivity index (χ1n) is 6.05. The molecule has 0 saturated heterocycles. The molecule has 1 aromatic rings. The molecule has 0 spiro atoms. The number of amides is 1. The van der Waals surface area contributed by atoms with E-state index in [9.17, 15) is 9.90 Å². The van der Waals surface area contributed by atoms with E-state index in [0.717, 1.165) is 11.1 Å². The highest BCUT2D eigenvalue weighted by Crippen LogP contribution is 2.28. The predicted molar refractivity (Wildman–Crippen MR) is 75.0 cm³/mol. The van der Waals surface area contributed by atoms with Crippen LogP contribution >= 0.6 is 11.6 Å². The number of rotatable bonds is 4. The van der Waals surface area contributed by atoms with Crippen molar-refractivity contribution in [3.8, 4) is 0 Å². The largest absolute Gasteiger partial charge is 0.396 e. The summed E-state index contributed by atoms with van der Waals surface area (Å²) in [5.41, 5.74) is 2.61. The van der Waals surface area contributed by atoms with E-state index in [1.165, 1.54) is 0 Å². The molecule has 1 atom stereocenters. The Morgan fingerprint density at radius 3 is 2.44 bits per heavy atom. The summed E-state index contributed by atoms with van der Waals surface area (Å²) in [5.74, 6) is -0.525. The second-order valence-electron chi connectivity index (χ2n) is 4.96. The molecule has 0 aliphatic carbocycles. The number of aryl methyl sites for hydroxylation is 2. The Kier molecular flexibility index (Phi) is 5.17. The van der Waals surface area contributed by atoms with Crippen LogP contribution < -0.4 is 5.32 Å². The molecule has 1 amide bonds. The lowest BCUT2D eigenvalue weighted by atomic mass is 9.95. The molecule has 18 heavy (non-hydrogen) atoms. The number of hydrogen-bond donors (Lipinski definition) is 2. The van der Waals surface area contributed by atoms with Gasteiger partial charge in [0.25, 0.3) is 0 Å². The van der Waals surface area contributed by atoms with E-state index in [1.54, 1.807) is 0 Å². The minimum absolute atomic E-state index is 0.0829. The first-order valence-corrected chi connectivity index (χ1v) is 6.43. The van der Waals surface area contributed by atoms with Crippen molar-refractivity contribution >= 4 is 23.2 Å². The van der Waals surface area contributed by atoms with Crippen molar-refractivity contribution in [1.82, 2.24) is 0 Å². The van der Waals surface area contributed by atoms with E-state index in [0.29, 0.717) is 10.7 Å². The monoisotopic (exact) mass is 269 g/mol. The van der Waals surface area contributed by atoms with Gasteiger partial charge in [0.2, 0.25) is 5.91 Å².